The number of amides is 1. The second-order valence-corrected chi connectivity index (χ2v) is 5.84. The molecule has 0 spiro atoms. The summed E-state index contributed by atoms with van der Waals surface area (Å²) in [5, 5.41) is 11.6. The summed E-state index contributed by atoms with van der Waals surface area (Å²) in [7, 11) is 1.58. The lowest BCUT2D eigenvalue weighted by atomic mass is 9.94. The Kier molecular flexibility index (Phi) is 6.80. The first-order chi connectivity index (χ1) is 12.4. The first kappa shape index (κ1) is 19.5. The molecule has 2 aromatic rings. The molecule has 0 bridgehead atoms. The summed E-state index contributed by atoms with van der Waals surface area (Å²) in [6, 6.07) is 9.70. The molecule has 0 aliphatic heterocycles. The number of aliphatic carboxylic acids is 1. The van der Waals surface area contributed by atoms with Crippen LogP contribution in [0.1, 0.15) is 33.8 Å². The smallest absolute Gasteiger partial charge is 0.304 e. The number of nitrogens with one attached hydrogen (secondary N) is 1. The average molecular weight is 363 g/mol. The maximum atomic E-state index is 13.2. The van der Waals surface area contributed by atoms with Gasteiger partial charge in [0.2, 0.25) is 0 Å². The average Bonchev–Trinajstić information content (AvgIpc) is 2.58. The van der Waals surface area contributed by atoms with E-state index < -0.39 is 29.4 Å². The van der Waals surface area contributed by atoms with Gasteiger partial charge in [-0.05, 0) is 23.3 Å². The molecule has 0 radical (unpaired) electrons. The van der Waals surface area contributed by atoms with Gasteiger partial charge in [-0.3, -0.25) is 9.59 Å². The van der Waals surface area contributed by atoms with Crippen LogP contribution in [0, 0.1) is 11.6 Å². The number of halogens is 2. The molecule has 0 heterocycles. The fourth-order valence-corrected chi connectivity index (χ4v) is 2.57. The van der Waals surface area contributed by atoms with Crippen molar-refractivity contribution in [3.63, 3.8) is 0 Å². The minimum Gasteiger partial charge on any atom is -0.481 e. The number of carbonyl (C=O) groups excluding carboxylic acids is 1. The minimum absolute atomic E-state index is 0.0207. The second-order valence-electron chi connectivity index (χ2n) is 5.84. The van der Waals surface area contributed by atoms with E-state index in [4.69, 9.17) is 9.84 Å². The summed E-state index contributed by atoms with van der Waals surface area (Å²) < 4.78 is 31.5. The molecule has 5 nitrogen and oxygen atoms in total. The zero-order valence-electron chi connectivity index (χ0n) is 14.2. The number of carboxylic acids is 1. The maximum absolute atomic E-state index is 13.2. The molecule has 1 amide bonds. The van der Waals surface area contributed by atoms with Crippen LogP contribution in [0.5, 0.6) is 0 Å². The number of methoxy groups -OCH3 is 1. The number of carboxylic acid groups (broad SMARTS) is 1. The topological polar surface area (TPSA) is 75.6 Å². The number of rotatable bonds is 8. The van der Waals surface area contributed by atoms with Crippen LogP contribution in [0.4, 0.5) is 8.78 Å². The van der Waals surface area contributed by atoms with E-state index in [2.05, 4.69) is 5.32 Å². The molecule has 2 rings (SSSR count). The van der Waals surface area contributed by atoms with Crippen molar-refractivity contribution < 1.29 is 28.2 Å². The summed E-state index contributed by atoms with van der Waals surface area (Å²) in [4.78, 5) is 23.2. The molecule has 1 atom stereocenters. The van der Waals surface area contributed by atoms with E-state index in [9.17, 15) is 18.4 Å². The lowest BCUT2D eigenvalue weighted by molar-refractivity contribution is -0.137. The fraction of sp³-hybridized carbons (Fsp3) is 0.263. The molecular formula is C19H19F2NO4. The molecule has 0 fully saturated rings. The first-order valence-electron chi connectivity index (χ1n) is 7.93. The third kappa shape index (κ3) is 5.63. The Bertz CT molecular complexity index is 757. The van der Waals surface area contributed by atoms with Gasteiger partial charge in [0, 0.05) is 31.2 Å². The zero-order chi connectivity index (χ0) is 19.1. The van der Waals surface area contributed by atoms with Gasteiger partial charge in [-0.25, -0.2) is 8.78 Å². The third-order valence-electron chi connectivity index (χ3n) is 3.82. The van der Waals surface area contributed by atoms with Crippen LogP contribution >= 0.6 is 0 Å². The summed E-state index contributed by atoms with van der Waals surface area (Å²) in [6.07, 6.45) is -0.193. The van der Waals surface area contributed by atoms with E-state index >= 15 is 0 Å². The summed E-state index contributed by atoms with van der Waals surface area (Å²) in [5.74, 6) is -3.87. The molecule has 1 unspecified atom stereocenters. The van der Waals surface area contributed by atoms with Crippen molar-refractivity contribution in [2.75, 3.05) is 13.7 Å². The van der Waals surface area contributed by atoms with Crippen LogP contribution in [0.3, 0.4) is 0 Å². The Morgan fingerprint density at radius 3 is 2.27 bits per heavy atom. The highest BCUT2D eigenvalue weighted by Crippen LogP contribution is 2.20. The molecular weight excluding hydrogens is 344 g/mol. The van der Waals surface area contributed by atoms with E-state index in [0.29, 0.717) is 12.7 Å². The molecule has 2 N–H and O–H groups in total. The number of carbonyl (C=O) groups is 2. The lowest BCUT2D eigenvalue weighted by Crippen LogP contribution is -2.29. The van der Waals surface area contributed by atoms with Crippen LogP contribution in [0.2, 0.25) is 0 Å². The quantitative estimate of drug-likeness (QED) is 0.756. The van der Waals surface area contributed by atoms with Gasteiger partial charge < -0.3 is 15.2 Å². The molecule has 0 aliphatic carbocycles. The van der Waals surface area contributed by atoms with Crippen LogP contribution in [-0.2, 0) is 16.1 Å². The lowest BCUT2D eigenvalue weighted by Gasteiger charge is -2.17. The van der Waals surface area contributed by atoms with Crippen molar-refractivity contribution in [2.24, 2.45) is 0 Å². The minimum atomic E-state index is -1.01. The molecule has 2 aromatic carbocycles. The Morgan fingerprint density at radius 2 is 1.73 bits per heavy atom. The van der Waals surface area contributed by atoms with Crippen molar-refractivity contribution in [3.05, 3.63) is 70.8 Å². The summed E-state index contributed by atoms with van der Waals surface area (Å²) in [5.41, 5.74) is 1.51. The van der Waals surface area contributed by atoms with Crippen molar-refractivity contribution in [1.82, 2.24) is 5.32 Å². The zero-order valence-corrected chi connectivity index (χ0v) is 14.2. The highest BCUT2D eigenvalue weighted by molar-refractivity contribution is 5.94. The van der Waals surface area contributed by atoms with Gasteiger partial charge in [-0.15, -0.1) is 0 Å². The van der Waals surface area contributed by atoms with Crippen LogP contribution in [0.15, 0.2) is 42.5 Å². The molecule has 0 aliphatic rings. The van der Waals surface area contributed by atoms with E-state index in [0.717, 1.165) is 23.3 Å². The predicted molar refractivity (Wildman–Crippen MR) is 90.8 cm³/mol. The molecule has 0 aromatic heterocycles. The van der Waals surface area contributed by atoms with Crippen molar-refractivity contribution in [2.45, 2.75) is 18.9 Å². The maximum Gasteiger partial charge on any atom is 0.304 e. The Balaban J connectivity index is 2.09. The number of ether oxygens (including phenoxy) is 1. The van der Waals surface area contributed by atoms with E-state index in [-0.39, 0.29) is 18.5 Å². The molecule has 26 heavy (non-hydrogen) atoms. The second kappa shape index (κ2) is 9.05. The SMILES string of the molecule is COCc1ccc(C(CNC(=O)c2cc(F)cc(F)c2)CC(=O)O)cc1. The van der Waals surface area contributed by atoms with Gasteiger partial charge in [0.25, 0.3) is 5.91 Å². The fourth-order valence-electron chi connectivity index (χ4n) is 2.57. The Labute approximate surface area is 149 Å². The van der Waals surface area contributed by atoms with Crippen LogP contribution < -0.4 is 5.32 Å². The highest BCUT2D eigenvalue weighted by Gasteiger charge is 2.18. The van der Waals surface area contributed by atoms with Crippen LogP contribution in [0.25, 0.3) is 0 Å². The number of hydrogen-bond acceptors (Lipinski definition) is 3. The summed E-state index contributed by atoms with van der Waals surface area (Å²) >= 11 is 0. The standard InChI is InChI=1S/C19H19F2NO4/c1-26-11-12-2-4-13(5-3-12)15(8-18(23)24)10-22-19(25)14-6-16(20)9-17(21)7-14/h2-7,9,15H,8,10-11H2,1H3,(H,22,25)(H,23,24). The molecule has 0 saturated heterocycles. The van der Waals surface area contributed by atoms with E-state index in [1.807, 2.05) is 12.1 Å². The number of hydrogen-bond donors (Lipinski definition) is 2. The van der Waals surface area contributed by atoms with Gasteiger partial charge in [0.15, 0.2) is 0 Å². The Hall–Kier alpha value is -2.80. The normalized spacial score (nSPS) is 11.8. The van der Waals surface area contributed by atoms with Crippen molar-refractivity contribution in [1.29, 1.82) is 0 Å². The van der Waals surface area contributed by atoms with Gasteiger partial charge in [-0.2, -0.15) is 0 Å². The molecule has 7 heteroatoms. The first-order valence-corrected chi connectivity index (χ1v) is 7.93. The predicted octanol–water partition coefficient (Wildman–Crippen LogP) is 3.10. The van der Waals surface area contributed by atoms with Crippen molar-refractivity contribution >= 4 is 11.9 Å². The van der Waals surface area contributed by atoms with Gasteiger partial charge in [-0.1, -0.05) is 24.3 Å². The number of benzene rings is 2. The van der Waals surface area contributed by atoms with Crippen molar-refractivity contribution in [3.8, 4) is 0 Å². The van der Waals surface area contributed by atoms with E-state index in [1.165, 1.54) is 0 Å². The monoisotopic (exact) mass is 363 g/mol. The van der Waals surface area contributed by atoms with Crippen LogP contribution in [-0.4, -0.2) is 30.6 Å². The Morgan fingerprint density at radius 1 is 1.12 bits per heavy atom. The summed E-state index contributed by atoms with van der Waals surface area (Å²) in [6.45, 7) is 0.457. The molecule has 0 saturated carbocycles. The van der Waals surface area contributed by atoms with Gasteiger partial charge >= 0.3 is 5.97 Å². The third-order valence-corrected chi connectivity index (χ3v) is 3.82. The highest BCUT2D eigenvalue weighted by atomic mass is 19.1. The largest absolute Gasteiger partial charge is 0.481 e. The van der Waals surface area contributed by atoms with Gasteiger partial charge in [0.05, 0.1) is 13.0 Å². The van der Waals surface area contributed by atoms with Gasteiger partial charge in [0.1, 0.15) is 11.6 Å². The molecule has 138 valence electrons. The van der Waals surface area contributed by atoms with E-state index in [1.54, 1.807) is 19.2 Å².